The third kappa shape index (κ3) is 1.61. The number of fused-ring (bicyclic) bond motifs is 10. The Bertz CT molecular complexity index is 1440. The van der Waals surface area contributed by atoms with Crippen LogP contribution in [0.5, 0.6) is 0 Å². The fourth-order valence-corrected chi connectivity index (χ4v) is 4.12. The van der Waals surface area contributed by atoms with Crippen LogP contribution in [-0.2, 0) is 0 Å². The topological polar surface area (TPSA) is 17.3 Å². The van der Waals surface area contributed by atoms with Gasteiger partial charge in [0, 0.05) is 33.1 Å². The number of aromatic nitrogens is 2. The molecule has 0 radical (unpaired) electrons. The fraction of sp³-hybridized carbons (Fsp3) is 0. The summed E-state index contributed by atoms with van der Waals surface area (Å²) in [6, 6.07) is 27.9. The van der Waals surface area contributed by atoms with Gasteiger partial charge in [0.2, 0.25) is 0 Å². The van der Waals surface area contributed by atoms with Crippen LogP contribution in [0.25, 0.3) is 49.0 Å². The maximum Gasteiger partial charge on any atom is 0.0709 e. The van der Waals surface area contributed by atoms with Gasteiger partial charge in [0.1, 0.15) is 0 Å². The smallest absolute Gasteiger partial charge is 0.0709 e. The Morgan fingerprint density at radius 3 is 2.24 bits per heavy atom. The number of hydrogen-bond donors (Lipinski definition) is 0. The van der Waals surface area contributed by atoms with E-state index in [0.717, 1.165) is 5.52 Å². The highest BCUT2D eigenvalue weighted by atomic mass is 14.9. The molecule has 0 saturated carbocycles. The number of benzene rings is 3. The number of rotatable bonds is 0. The molecule has 3 aromatic heterocycles. The minimum Gasteiger partial charge on any atom is -0.309 e. The average Bonchev–Trinajstić information content (AvgIpc) is 3.07. The Morgan fingerprint density at radius 2 is 1.32 bits per heavy atom. The lowest BCUT2D eigenvalue weighted by atomic mass is 10.0. The minimum atomic E-state index is 1.04. The van der Waals surface area contributed by atoms with Crippen LogP contribution in [-0.4, -0.2) is 9.38 Å². The summed E-state index contributed by atoms with van der Waals surface area (Å²) in [5.41, 5.74) is 4.76. The normalized spacial score (nSPS) is 12.0. The third-order valence-corrected chi connectivity index (χ3v) is 5.18. The highest BCUT2D eigenvalue weighted by molar-refractivity contribution is 6.23. The zero-order valence-electron chi connectivity index (χ0n) is 13.5. The average molecular weight is 318 g/mol. The van der Waals surface area contributed by atoms with E-state index in [4.69, 9.17) is 4.98 Å². The first-order valence-corrected chi connectivity index (χ1v) is 8.50. The van der Waals surface area contributed by atoms with Crippen LogP contribution in [0.1, 0.15) is 0 Å². The molecule has 2 heteroatoms. The lowest BCUT2D eigenvalue weighted by Gasteiger charge is -2.11. The molecule has 6 rings (SSSR count). The van der Waals surface area contributed by atoms with Crippen molar-refractivity contribution in [3.8, 4) is 0 Å². The maximum atomic E-state index is 4.71. The Balaban J connectivity index is 2.08. The van der Waals surface area contributed by atoms with Gasteiger partial charge in [-0.3, -0.25) is 4.98 Å². The van der Waals surface area contributed by atoms with Crippen LogP contribution in [0.15, 0.2) is 85.1 Å². The van der Waals surface area contributed by atoms with Gasteiger partial charge in [0.25, 0.3) is 0 Å². The van der Waals surface area contributed by atoms with Crippen LogP contribution in [0.4, 0.5) is 0 Å². The maximum absolute atomic E-state index is 4.71. The minimum absolute atomic E-state index is 1.04. The van der Waals surface area contributed by atoms with Gasteiger partial charge in [0.15, 0.2) is 0 Å². The van der Waals surface area contributed by atoms with Gasteiger partial charge in [-0.2, -0.15) is 0 Å². The van der Waals surface area contributed by atoms with E-state index in [1.165, 1.54) is 43.5 Å². The third-order valence-electron chi connectivity index (χ3n) is 5.18. The van der Waals surface area contributed by atoms with Crippen molar-refractivity contribution in [2.75, 3.05) is 0 Å². The first-order valence-electron chi connectivity index (χ1n) is 8.50. The van der Waals surface area contributed by atoms with Crippen LogP contribution >= 0.6 is 0 Å². The number of pyridine rings is 2. The van der Waals surface area contributed by atoms with Crippen molar-refractivity contribution in [3.05, 3.63) is 85.1 Å². The van der Waals surface area contributed by atoms with Crippen molar-refractivity contribution < 1.29 is 0 Å². The summed E-state index contributed by atoms with van der Waals surface area (Å²) in [4.78, 5) is 4.71. The molecule has 116 valence electrons. The highest BCUT2D eigenvalue weighted by Crippen LogP contribution is 2.36. The van der Waals surface area contributed by atoms with E-state index in [9.17, 15) is 0 Å². The van der Waals surface area contributed by atoms with Gasteiger partial charge in [-0.1, -0.05) is 54.6 Å². The Labute approximate surface area is 143 Å². The zero-order valence-corrected chi connectivity index (χ0v) is 13.5. The van der Waals surface area contributed by atoms with Crippen LogP contribution in [0, 0.1) is 0 Å². The summed E-state index contributed by atoms with van der Waals surface area (Å²) in [6.45, 7) is 0. The quantitative estimate of drug-likeness (QED) is 0.316. The summed E-state index contributed by atoms with van der Waals surface area (Å²) < 4.78 is 2.39. The van der Waals surface area contributed by atoms with Crippen LogP contribution in [0.3, 0.4) is 0 Å². The second-order valence-electron chi connectivity index (χ2n) is 6.50. The molecule has 2 nitrogen and oxygen atoms in total. The molecule has 0 aliphatic rings. The number of para-hydroxylation sites is 3. The van der Waals surface area contributed by atoms with Crippen molar-refractivity contribution in [2.45, 2.75) is 0 Å². The summed E-state index contributed by atoms with van der Waals surface area (Å²) in [6.07, 6.45) is 2.03. The molecule has 6 aromatic rings. The van der Waals surface area contributed by atoms with Crippen LogP contribution < -0.4 is 0 Å². The second kappa shape index (κ2) is 4.58. The van der Waals surface area contributed by atoms with E-state index >= 15 is 0 Å². The molecule has 25 heavy (non-hydrogen) atoms. The lowest BCUT2D eigenvalue weighted by molar-refractivity contribution is 1.34. The molecule has 3 aromatic carbocycles. The van der Waals surface area contributed by atoms with Crippen molar-refractivity contribution >= 4 is 49.0 Å². The molecule has 0 unspecified atom stereocenters. The molecule has 0 atom stereocenters. The fourth-order valence-electron chi connectivity index (χ4n) is 4.12. The van der Waals surface area contributed by atoms with E-state index < -0.39 is 0 Å². The van der Waals surface area contributed by atoms with E-state index in [1.54, 1.807) is 0 Å². The van der Waals surface area contributed by atoms with Crippen LogP contribution in [0.2, 0.25) is 0 Å². The van der Waals surface area contributed by atoms with Gasteiger partial charge in [-0.05, 0) is 24.3 Å². The Kier molecular flexibility index (Phi) is 2.37. The SMILES string of the molecule is c1ccc2c(c1)cc1c3c4ccccc4ncc3c3ccccc3n21. The number of nitrogens with zero attached hydrogens (tertiary/aromatic N) is 2. The summed E-state index contributed by atoms with van der Waals surface area (Å²) in [5, 5.41) is 6.20. The molecule has 0 bridgehead atoms. The van der Waals surface area contributed by atoms with Crippen molar-refractivity contribution in [1.29, 1.82) is 0 Å². The van der Waals surface area contributed by atoms with Gasteiger partial charge in [-0.25, -0.2) is 0 Å². The summed E-state index contributed by atoms with van der Waals surface area (Å²) in [5.74, 6) is 0. The molecule has 0 spiro atoms. The molecule has 0 fully saturated rings. The molecule has 0 aliphatic heterocycles. The van der Waals surface area contributed by atoms with Gasteiger partial charge < -0.3 is 4.40 Å². The monoisotopic (exact) mass is 318 g/mol. The zero-order chi connectivity index (χ0) is 16.4. The summed E-state index contributed by atoms with van der Waals surface area (Å²) >= 11 is 0. The van der Waals surface area contributed by atoms with Gasteiger partial charge in [-0.15, -0.1) is 0 Å². The largest absolute Gasteiger partial charge is 0.309 e. The lowest BCUT2D eigenvalue weighted by Crippen LogP contribution is -1.92. The molecule has 0 N–H and O–H groups in total. The predicted octanol–water partition coefficient (Wildman–Crippen LogP) is 5.95. The Morgan fingerprint density at radius 1 is 0.600 bits per heavy atom. The first-order chi connectivity index (χ1) is 12.4. The molecular weight excluding hydrogens is 304 g/mol. The van der Waals surface area contributed by atoms with E-state index in [2.05, 4.69) is 77.2 Å². The molecule has 0 aliphatic carbocycles. The first kappa shape index (κ1) is 13.0. The number of hydrogen-bond acceptors (Lipinski definition) is 1. The highest BCUT2D eigenvalue weighted by Gasteiger charge is 2.14. The van der Waals surface area contributed by atoms with Crippen molar-refractivity contribution in [3.63, 3.8) is 0 Å². The van der Waals surface area contributed by atoms with Gasteiger partial charge in [0.05, 0.1) is 22.1 Å². The van der Waals surface area contributed by atoms with Crippen molar-refractivity contribution in [1.82, 2.24) is 9.38 Å². The standard InChI is InChI=1S/C23H14N2/c1-5-11-20-15(7-1)13-22-23-17-9-2-4-10-19(17)24-14-18(23)16-8-3-6-12-21(16)25(20)22/h1-14H. The molecular formula is C23H14N2. The van der Waals surface area contributed by atoms with Gasteiger partial charge >= 0.3 is 0 Å². The second-order valence-corrected chi connectivity index (χ2v) is 6.50. The molecule has 3 heterocycles. The van der Waals surface area contributed by atoms with E-state index in [1.807, 2.05) is 12.3 Å². The molecule has 0 saturated heterocycles. The van der Waals surface area contributed by atoms with Crippen molar-refractivity contribution in [2.24, 2.45) is 0 Å². The van der Waals surface area contributed by atoms with E-state index in [-0.39, 0.29) is 0 Å². The predicted molar refractivity (Wildman–Crippen MR) is 105 cm³/mol. The summed E-state index contributed by atoms with van der Waals surface area (Å²) in [7, 11) is 0. The molecule has 0 amide bonds. The Hall–Kier alpha value is -3.39. The van der Waals surface area contributed by atoms with E-state index in [0.29, 0.717) is 0 Å².